The number of benzene rings is 1. The van der Waals surface area contributed by atoms with Crippen LogP contribution in [0.3, 0.4) is 0 Å². The molecule has 5 nitrogen and oxygen atoms in total. The Morgan fingerprint density at radius 2 is 2.35 bits per heavy atom. The van der Waals surface area contributed by atoms with Crippen LogP contribution in [-0.4, -0.2) is 34.3 Å². The van der Waals surface area contributed by atoms with Crippen LogP contribution in [0.1, 0.15) is 11.4 Å². The van der Waals surface area contributed by atoms with Crippen molar-refractivity contribution in [3.05, 3.63) is 29.6 Å². The first kappa shape index (κ1) is 12.0. The fraction of sp³-hybridized carbons (Fsp3) is 0.417. The maximum atomic E-state index is 8.80. The number of aliphatic hydroxyl groups excluding tert-OH is 1. The monoisotopic (exact) mass is 234 g/mol. The highest BCUT2D eigenvalue weighted by atomic mass is 16.3. The van der Waals surface area contributed by atoms with Gasteiger partial charge in [-0.2, -0.15) is 0 Å². The summed E-state index contributed by atoms with van der Waals surface area (Å²) < 4.78 is 0. The quantitative estimate of drug-likeness (QED) is 0.598. The topological polar surface area (TPSA) is 87.0 Å². The molecule has 0 spiro atoms. The van der Waals surface area contributed by atoms with E-state index in [-0.39, 0.29) is 12.6 Å². The third-order valence-electron chi connectivity index (χ3n) is 2.63. The molecule has 0 saturated carbocycles. The van der Waals surface area contributed by atoms with Crippen LogP contribution in [0.5, 0.6) is 0 Å². The molecule has 17 heavy (non-hydrogen) atoms. The molecule has 1 aromatic carbocycles. The van der Waals surface area contributed by atoms with Crippen molar-refractivity contribution in [1.82, 2.24) is 15.3 Å². The Morgan fingerprint density at radius 1 is 1.53 bits per heavy atom. The standard InChI is InChI=1S/C12H18N4O/c1-8-15-11-3-2-9(4-12(11)16-8)5-14-6-10(13)7-17/h2-4,10,14,17H,5-7,13H2,1H3,(H,15,16). The summed E-state index contributed by atoms with van der Waals surface area (Å²) in [5.74, 6) is 0.924. The number of aromatic nitrogens is 2. The predicted octanol–water partition coefficient (Wildman–Crippen LogP) is 0.281. The van der Waals surface area contributed by atoms with Crippen LogP contribution in [0.2, 0.25) is 0 Å². The van der Waals surface area contributed by atoms with Gasteiger partial charge in [0, 0.05) is 19.1 Å². The number of H-pyrrole nitrogens is 1. The lowest BCUT2D eigenvalue weighted by atomic mass is 10.2. The van der Waals surface area contributed by atoms with E-state index in [4.69, 9.17) is 10.8 Å². The van der Waals surface area contributed by atoms with Crippen molar-refractivity contribution in [1.29, 1.82) is 0 Å². The summed E-state index contributed by atoms with van der Waals surface area (Å²) in [4.78, 5) is 7.55. The maximum absolute atomic E-state index is 8.80. The number of nitrogens with one attached hydrogen (secondary N) is 2. The number of nitrogens with zero attached hydrogens (tertiary/aromatic N) is 1. The lowest BCUT2D eigenvalue weighted by molar-refractivity contribution is 0.262. The maximum Gasteiger partial charge on any atom is 0.104 e. The Labute approximate surface area is 100 Å². The van der Waals surface area contributed by atoms with Crippen molar-refractivity contribution in [3.8, 4) is 0 Å². The van der Waals surface area contributed by atoms with E-state index < -0.39 is 0 Å². The van der Waals surface area contributed by atoms with Crippen LogP contribution in [-0.2, 0) is 6.54 Å². The van der Waals surface area contributed by atoms with Gasteiger partial charge in [0.15, 0.2) is 0 Å². The van der Waals surface area contributed by atoms with E-state index in [1.165, 1.54) is 5.56 Å². The SMILES string of the molecule is Cc1nc2ccc(CNCC(N)CO)cc2[nH]1. The molecule has 2 rings (SSSR count). The second-order valence-electron chi connectivity index (χ2n) is 4.25. The highest BCUT2D eigenvalue weighted by molar-refractivity contribution is 5.75. The van der Waals surface area contributed by atoms with E-state index >= 15 is 0 Å². The molecule has 1 atom stereocenters. The zero-order valence-corrected chi connectivity index (χ0v) is 9.90. The highest BCUT2D eigenvalue weighted by Crippen LogP contribution is 2.13. The van der Waals surface area contributed by atoms with Gasteiger partial charge in [-0.05, 0) is 24.6 Å². The first-order valence-corrected chi connectivity index (χ1v) is 5.71. The largest absolute Gasteiger partial charge is 0.395 e. The molecule has 92 valence electrons. The number of nitrogens with two attached hydrogens (primary N) is 1. The van der Waals surface area contributed by atoms with Gasteiger partial charge in [-0.15, -0.1) is 0 Å². The number of aryl methyl sites for hydroxylation is 1. The minimum absolute atomic E-state index is 0.00573. The summed E-state index contributed by atoms with van der Waals surface area (Å²) in [7, 11) is 0. The summed E-state index contributed by atoms with van der Waals surface area (Å²) in [6.45, 7) is 3.29. The van der Waals surface area contributed by atoms with E-state index in [0.29, 0.717) is 6.54 Å². The van der Waals surface area contributed by atoms with Crippen LogP contribution < -0.4 is 11.1 Å². The number of aliphatic hydroxyl groups is 1. The Balaban J connectivity index is 1.99. The molecule has 0 radical (unpaired) electrons. The van der Waals surface area contributed by atoms with Gasteiger partial charge in [0.1, 0.15) is 5.82 Å². The first-order chi connectivity index (χ1) is 8.19. The van der Waals surface area contributed by atoms with Crippen molar-refractivity contribution < 1.29 is 5.11 Å². The Morgan fingerprint density at radius 3 is 3.12 bits per heavy atom. The second-order valence-corrected chi connectivity index (χ2v) is 4.25. The molecule has 2 aromatic rings. The van der Waals surface area contributed by atoms with Crippen LogP contribution in [0.15, 0.2) is 18.2 Å². The molecule has 0 amide bonds. The van der Waals surface area contributed by atoms with E-state index in [2.05, 4.69) is 21.4 Å². The van der Waals surface area contributed by atoms with Crippen molar-refractivity contribution in [3.63, 3.8) is 0 Å². The van der Waals surface area contributed by atoms with E-state index in [1.54, 1.807) is 0 Å². The number of hydrogen-bond donors (Lipinski definition) is 4. The Hall–Kier alpha value is -1.43. The molecule has 5 heteroatoms. The highest BCUT2D eigenvalue weighted by Gasteiger charge is 2.02. The van der Waals surface area contributed by atoms with Gasteiger partial charge in [0.2, 0.25) is 0 Å². The van der Waals surface area contributed by atoms with E-state index in [0.717, 1.165) is 23.4 Å². The summed E-state index contributed by atoms with van der Waals surface area (Å²) >= 11 is 0. The summed E-state index contributed by atoms with van der Waals surface area (Å²) in [5.41, 5.74) is 8.81. The van der Waals surface area contributed by atoms with Gasteiger partial charge in [-0.3, -0.25) is 0 Å². The van der Waals surface area contributed by atoms with E-state index in [1.807, 2.05) is 19.1 Å². The Kier molecular flexibility index (Phi) is 3.73. The number of rotatable bonds is 5. The predicted molar refractivity (Wildman–Crippen MR) is 67.6 cm³/mol. The molecule has 0 aliphatic rings. The van der Waals surface area contributed by atoms with Crippen LogP contribution in [0.4, 0.5) is 0 Å². The molecule has 0 saturated heterocycles. The van der Waals surface area contributed by atoms with Crippen LogP contribution >= 0.6 is 0 Å². The second kappa shape index (κ2) is 5.27. The molecule has 0 aliphatic heterocycles. The number of fused-ring (bicyclic) bond motifs is 1. The normalized spacial score (nSPS) is 13.1. The molecule has 5 N–H and O–H groups in total. The zero-order valence-electron chi connectivity index (χ0n) is 9.90. The fourth-order valence-corrected chi connectivity index (χ4v) is 1.76. The lowest BCUT2D eigenvalue weighted by Gasteiger charge is -2.09. The molecule has 0 aliphatic carbocycles. The summed E-state index contributed by atoms with van der Waals surface area (Å²) in [6.07, 6.45) is 0. The Bertz CT molecular complexity index is 494. The van der Waals surface area contributed by atoms with Gasteiger partial charge in [0.05, 0.1) is 17.6 Å². The fourth-order valence-electron chi connectivity index (χ4n) is 1.76. The van der Waals surface area contributed by atoms with Gasteiger partial charge >= 0.3 is 0 Å². The summed E-state index contributed by atoms with van der Waals surface area (Å²) in [5, 5.41) is 12.0. The molecular formula is C12H18N4O. The van der Waals surface area contributed by atoms with E-state index in [9.17, 15) is 0 Å². The van der Waals surface area contributed by atoms with Crippen molar-refractivity contribution >= 4 is 11.0 Å². The third kappa shape index (κ3) is 3.03. The summed E-state index contributed by atoms with van der Waals surface area (Å²) in [6, 6.07) is 5.92. The molecule has 1 heterocycles. The molecule has 1 aromatic heterocycles. The minimum atomic E-state index is -0.201. The first-order valence-electron chi connectivity index (χ1n) is 5.71. The molecule has 0 bridgehead atoms. The molecular weight excluding hydrogens is 216 g/mol. The van der Waals surface area contributed by atoms with Crippen molar-refractivity contribution in [2.75, 3.05) is 13.2 Å². The number of imidazole rings is 1. The molecule has 1 unspecified atom stereocenters. The third-order valence-corrected chi connectivity index (χ3v) is 2.63. The van der Waals surface area contributed by atoms with Gasteiger partial charge in [0.25, 0.3) is 0 Å². The van der Waals surface area contributed by atoms with Crippen molar-refractivity contribution in [2.24, 2.45) is 5.73 Å². The molecule has 0 fully saturated rings. The van der Waals surface area contributed by atoms with Gasteiger partial charge in [-0.1, -0.05) is 6.07 Å². The van der Waals surface area contributed by atoms with Crippen LogP contribution in [0, 0.1) is 6.92 Å². The number of aromatic amines is 1. The smallest absolute Gasteiger partial charge is 0.104 e. The minimum Gasteiger partial charge on any atom is -0.395 e. The zero-order chi connectivity index (χ0) is 12.3. The van der Waals surface area contributed by atoms with Gasteiger partial charge in [-0.25, -0.2) is 4.98 Å². The average Bonchev–Trinajstić information content (AvgIpc) is 2.68. The van der Waals surface area contributed by atoms with Crippen LogP contribution in [0.25, 0.3) is 11.0 Å². The average molecular weight is 234 g/mol. The van der Waals surface area contributed by atoms with Gasteiger partial charge < -0.3 is 21.1 Å². The van der Waals surface area contributed by atoms with Crippen molar-refractivity contribution in [2.45, 2.75) is 19.5 Å². The lowest BCUT2D eigenvalue weighted by Crippen LogP contribution is -2.36. The number of hydrogen-bond acceptors (Lipinski definition) is 4.